The monoisotopic (exact) mass is 382 g/mol. The van der Waals surface area contributed by atoms with Gasteiger partial charge in [-0.1, -0.05) is 31.2 Å². The van der Waals surface area contributed by atoms with E-state index in [4.69, 9.17) is 4.74 Å². The Morgan fingerprint density at radius 2 is 1.75 bits per heavy atom. The lowest BCUT2D eigenvalue weighted by Crippen LogP contribution is -3.15. The summed E-state index contributed by atoms with van der Waals surface area (Å²) in [4.78, 5) is 27.8. The van der Waals surface area contributed by atoms with Crippen LogP contribution >= 0.6 is 0 Å². The SMILES string of the molecule is CCCNC(=O)C[NH+]1CCN(C(=O)c2cccc(Oc3ccccc3)c2)CC1. The van der Waals surface area contributed by atoms with E-state index in [-0.39, 0.29) is 11.8 Å². The molecule has 6 heteroatoms. The van der Waals surface area contributed by atoms with Crippen LogP contribution in [-0.4, -0.2) is 56.0 Å². The molecule has 148 valence electrons. The van der Waals surface area contributed by atoms with Crippen molar-refractivity contribution < 1.29 is 19.2 Å². The summed E-state index contributed by atoms with van der Waals surface area (Å²) in [6.45, 7) is 6.10. The maximum atomic E-state index is 12.9. The second-order valence-electron chi connectivity index (χ2n) is 7.01. The Bertz CT molecular complexity index is 787. The van der Waals surface area contributed by atoms with Crippen molar-refractivity contribution in [1.29, 1.82) is 0 Å². The van der Waals surface area contributed by atoms with Gasteiger partial charge in [0.2, 0.25) is 0 Å². The molecule has 0 aromatic heterocycles. The minimum Gasteiger partial charge on any atom is -0.457 e. The van der Waals surface area contributed by atoms with Crippen LogP contribution in [0.4, 0.5) is 0 Å². The van der Waals surface area contributed by atoms with E-state index in [1.165, 1.54) is 4.90 Å². The molecule has 1 aliphatic heterocycles. The molecule has 1 fully saturated rings. The van der Waals surface area contributed by atoms with Gasteiger partial charge in [0, 0.05) is 12.1 Å². The van der Waals surface area contributed by atoms with Crippen LogP contribution < -0.4 is 15.0 Å². The van der Waals surface area contributed by atoms with Crippen LogP contribution in [0.25, 0.3) is 0 Å². The summed E-state index contributed by atoms with van der Waals surface area (Å²) in [5.41, 5.74) is 0.623. The second-order valence-corrected chi connectivity index (χ2v) is 7.01. The Morgan fingerprint density at radius 1 is 1.04 bits per heavy atom. The molecule has 1 saturated heterocycles. The maximum Gasteiger partial charge on any atom is 0.275 e. The van der Waals surface area contributed by atoms with Gasteiger partial charge in [0.1, 0.15) is 11.5 Å². The summed E-state index contributed by atoms with van der Waals surface area (Å²) in [5.74, 6) is 1.48. The molecule has 28 heavy (non-hydrogen) atoms. The molecule has 0 saturated carbocycles. The number of hydrogen-bond donors (Lipinski definition) is 2. The number of benzene rings is 2. The molecule has 3 rings (SSSR count). The zero-order chi connectivity index (χ0) is 19.8. The third-order valence-electron chi connectivity index (χ3n) is 4.80. The zero-order valence-corrected chi connectivity index (χ0v) is 16.3. The fraction of sp³-hybridized carbons (Fsp3) is 0.364. The molecule has 0 radical (unpaired) electrons. The highest BCUT2D eigenvalue weighted by Crippen LogP contribution is 2.22. The highest BCUT2D eigenvalue weighted by Gasteiger charge is 2.26. The number of piperazine rings is 1. The number of hydrogen-bond acceptors (Lipinski definition) is 3. The van der Waals surface area contributed by atoms with Gasteiger partial charge in [-0.2, -0.15) is 0 Å². The van der Waals surface area contributed by atoms with E-state index in [9.17, 15) is 9.59 Å². The van der Waals surface area contributed by atoms with Gasteiger partial charge < -0.3 is 19.9 Å². The average molecular weight is 382 g/mol. The number of quaternary nitrogens is 1. The van der Waals surface area contributed by atoms with Gasteiger partial charge in [-0.3, -0.25) is 9.59 Å². The van der Waals surface area contributed by atoms with Gasteiger partial charge in [-0.25, -0.2) is 0 Å². The number of carbonyl (C=O) groups excluding carboxylic acids is 2. The summed E-state index contributed by atoms with van der Waals surface area (Å²) >= 11 is 0. The molecule has 0 aliphatic carbocycles. The van der Waals surface area contributed by atoms with Crippen molar-refractivity contribution in [2.45, 2.75) is 13.3 Å². The van der Waals surface area contributed by atoms with Crippen molar-refractivity contribution in [1.82, 2.24) is 10.2 Å². The van der Waals surface area contributed by atoms with Crippen molar-refractivity contribution >= 4 is 11.8 Å². The number of ether oxygens (including phenoxy) is 1. The Labute approximate surface area is 166 Å². The predicted octanol–water partition coefficient (Wildman–Crippen LogP) is 1.35. The van der Waals surface area contributed by atoms with Crippen LogP contribution in [0, 0.1) is 0 Å². The highest BCUT2D eigenvalue weighted by atomic mass is 16.5. The summed E-state index contributed by atoms with van der Waals surface area (Å²) in [5, 5.41) is 2.91. The van der Waals surface area contributed by atoms with Crippen LogP contribution in [-0.2, 0) is 4.79 Å². The van der Waals surface area contributed by atoms with E-state index in [0.717, 1.165) is 31.8 Å². The molecule has 0 spiro atoms. The minimum atomic E-state index is 0.00740. The van der Waals surface area contributed by atoms with E-state index in [0.29, 0.717) is 30.9 Å². The van der Waals surface area contributed by atoms with E-state index < -0.39 is 0 Å². The molecule has 6 nitrogen and oxygen atoms in total. The summed E-state index contributed by atoms with van der Waals surface area (Å²) in [7, 11) is 0. The third kappa shape index (κ3) is 5.57. The first-order valence-corrected chi connectivity index (χ1v) is 9.88. The number of carbonyl (C=O) groups is 2. The quantitative estimate of drug-likeness (QED) is 0.760. The summed E-state index contributed by atoms with van der Waals surface area (Å²) in [6.07, 6.45) is 0.941. The molecule has 2 N–H and O–H groups in total. The van der Waals surface area contributed by atoms with E-state index in [1.807, 2.05) is 60.4 Å². The van der Waals surface area contributed by atoms with E-state index in [1.54, 1.807) is 6.07 Å². The van der Waals surface area contributed by atoms with Crippen LogP contribution in [0.2, 0.25) is 0 Å². The lowest BCUT2D eigenvalue weighted by atomic mass is 10.1. The highest BCUT2D eigenvalue weighted by molar-refractivity contribution is 5.94. The zero-order valence-electron chi connectivity index (χ0n) is 16.3. The van der Waals surface area contributed by atoms with Gasteiger partial charge >= 0.3 is 0 Å². The van der Waals surface area contributed by atoms with Crippen molar-refractivity contribution in [3.05, 3.63) is 60.2 Å². The number of amides is 2. The van der Waals surface area contributed by atoms with Gasteiger partial charge in [-0.05, 0) is 36.8 Å². The standard InChI is InChI=1S/C22H27N3O3/c1-2-11-23-21(26)17-24-12-14-25(15-13-24)22(27)18-7-6-10-20(16-18)28-19-8-4-3-5-9-19/h3-10,16H,2,11-15,17H2,1H3,(H,23,26)/p+1. The number of nitrogens with one attached hydrogen (secondary N) is 2. The van der Waals surface area contributed by atoms with Gasteiger partial charge in [0.15, 0.2) is 6.54 Å². The molecule has 0 unspecified atom stereocenters. The van der Waals surface area contributed by atoms with Crippen LogP contribution in [0.15, 0.2) is 54.6 Å². The molecule has 0 bridgehead atoms. The first-order chi connectivity index (χ1) is 13.7. The molecule has 1 aliphatic rings. The Kier molecular flexibility index (Phi) is 7.03. The minimum absolute atomic E-state index is 0.00740. The molecule has 2 amide bonds. The lowest BCUT2D eigenvalue weighted by Gasteiger charge is -2.32. The molecule has 2 aromatic rings. The smallest absolute Gasteiger partial charge is 0.275 e. The Balaban J connectivity index is 1.54. The first kappa shape index (κ1) is 19.9. The molecule has 0 atom stereocenters. The van der Waals surface area contributed by atoms with E-state index in [2.05, 4.69) is 5.32 Å². The molecular weight excluding hydrogens is 354 g/mol. The topological polar surface area (TPSA) is 63.1 Å². The van der Waals surface area contributed by atoms with Crippen LogP contribution in [0.1, 0.15) is 23.7 Å². The fourth-order valence-electron chi connectivity index (χ4n) is 3.26. The number of rotatable bonds is 7. The van der Waals surface area contributed by atoms with Crippen molar-refractivity contribution in [2.24, 2.45) is 0 Å². The first-order valence-electron chi connectivity index (χ1n) is 9.88. The Hall–Kier alpha value is -2.86. The van der Waals surface area contributed by atoms with E-state index >= 15 is 0 Å². The maximum absolute atomic E-state index is 12.9. The Morgan fingerprint density at radius 3 is 2.46 bits per heavy atom. The number of nitrogens with zero attached hydrogens (tertiary/aromatic N) is 1. The molecular formula is C22H28N3O3+. The number of para-hydroxylation sites is 1. The van der Waals surface area contributed by atoms with Crippen molar-refractivity contribution in [3.8, 4) is 11.5 Å². The predicted molar refractivity (Wildman–Crippen MR) is 108 cm³/mol. The van der Waals surface area contributed by atoms with Crippen molar-refractivity contribution in [2.75, 3.05) is 39.3 Å². The fourth-order valence-corrected chi connectivity index (χ4v) is 3.26. The van der Waals surface area contributed by atoms with Gasteiger partial charge in [0.05, 0.1) is 26.2 Å². The van der Waals surface area contributed by atoms with Crippen molar-refractivity contribution in [3.63, 3.8) is 0 Å². The second kappa shape index (κ2) is 9.90. The molecule has 1 heterocycles. The normalized spacial score (nSPS) is 14.5. The molecule has 2 aromatic carbocycles. The third-order valence-corrected chi connectivity index (χ3v) is 4.80. The lowest BCUT2D eigenvalue weighted by molar-refractivity contribution is -0.896. The summed E-state index contributed by atoms with van der Waals surface area (Å²) < 4.78 is 5.83. The van der Waals surface area contributed by atoms with Gasteiger partial charge in [0.25, 0.3) is 11.8 Å². The largest absolute Gasteiger partial charge is 0.457 e. The van der Waals surface area contributed by atoms with Crippen LogP contribution in [0.5, 0.6) is 11.5 Å². The van der Waals surface area contributed by atoms with Gasteiger partial charge in [-0.15, -0.1) is 0 Å². The average Bonchev–Trinajstić information content (AvgIpc) is 2.73. The van der Waals surface area contributed by atoms with Crippen LogP contribution in [0.3, 0.4) is 0 Å². The summed E-state index contributed by atoms with van der Waals surface area (Å²) in [6, 6.07) is 16.8.